The summed E-state index contributed by atoms with van der Waals surface area (Å²) < 4.78 is 0.860. The number of rotatable bonds is 5. The van der Waals surface area contributed by atoms with Crippen LogP contribution in [0.5, 0.6) is 0 Å². The Bertz CT molecular complexity index is 726. The van der Waals surface area contributed by atoms with Crippen molar-refractivity contribution in [2.24, 2.45) is 0 Å². The number of nitrogens with zero attached hydrogens (tertiary/aromatic N) is 1. The van der Waals surface area contributed by atoms with Gasteiger partial charge in [0.1, 0.15) is 0 Å². The van der Waals surface area contributed by atoms with Crippen molar-refractivity contribution in [1.82, 2.24) is 4.90 Å². The van der Waals surface area contributed by atoms with Crippen LogP contribution < -0.4 is 5.32 Å². The van der Waals surface area contributed by atoms with Gasteiger partial charge < -0.3 is 10.2 Å². The van der Waals surface area contributed by atoms with Gasteiger partial charge in [0.2, 0.25) is 5.91 Å². The van der Waals surface area contributed by atoms with Crippen LogP contribution in [0.15, 0.2) is 53.0 Å². The van der Waals surface area contributed by atoms with Crippen molar-refractivity contribution >= 4 is 33.4 Å². The number of anilines is 1. The van der Waals surface area contributed by atoms with E-state index in [1.54, 1.807) is 24.1 Å². The minimum atomic E-state index is -0.167. The number of amides is 2. The summed E-state index contributed by atoms with van der Waals surface area (Å²) >= 11 is 3.35. The fourth-order valence-electron chi connectivity index (χ4n) is 2.13. The zero-order valence-corrected chi connectivity index (χ0v) is 15.6. The molecule has 0 aromatic heterocycles. The zero-order valence-electron chi connectivity index (χ0n) is 14.0. The topological polar surface area (TPSA) is 49.4 Å². The molecule has 2 aromatic carbocycles. The molecule has 2 amide bonds. The standard InChI is InChI=1S/C19H21BrN2O2/c1-13(2)22(3)18(23)11-14-7-9-17(10-8-14)21-19(24)15-5-4-6-16(20)12-15/h4-10,12-13H,11H2,1-3H3,(H,21,24). The summed E-state index contributed by atoms with van der Waals surface area (Å²) in [6.45, 7) is 3.97. The first-order valence-corrected chi connectivity index (χ1v) is 8.57. The fraction of sp³-hybridized carbons (Fsp3) is 0.263. The maximum absolute atomic E-state index is 12.2. The highest BCUT2D eigenvalue weighted by atomic mass is 79.9. The predicted molar refractivity (Wildman–Crippen MR) is 100 cm³/mol. The number of hydrogen-bond donors (Lipinski definition) is 1. The van der Waals surface area contributed by atoms with Crippen molar-refractivity contribution in [3.8, 4) is 0 Å². The molecule has 0 aliphatic carbocycles. The minimum Gasteiger partial charge on any atom is -0.343 e. The Morgan fingerprint density at radius 3 is 2.38 bits per heavy atom. The highest BCUT2D eigenvalue weighted by Crippen LogP contribution is 2.15. The Labute approximate surface area is 151 Å². The van der Waals surface area contributed by atoms with Gasteiger partial charge in [0.15, 0.2) is 0 Å². The Morgan fingerprint density at radius 2 is 1.79 bits per heavy atom. The number of carbonyl (C=O) groups excluding carboxylic acids is 2. The highest BCUT2D eigenvalue weighted by Gasteiger charge is 2.12. The second kappa shape index (κ2) is 8.11. The Balaban J connectivity index is 1.99. The van der Waals surface area contributed by atoms with E-state index in [-0.39, 0.29) is 17.9 Å². The molecular formula is C19H21BrN2O2. The molecule has 2 aromatic rings. The van der Waals surface area contributed by atoms with Gasteiger partial charge in [-0.05, 0) is 49.7 Å². The number of nitrogens with one attached hydrogen (secondary N) is 1. The summed E-state index contributed by atoms with van der Waals surface area (Å²) in [7, 11) is 1.81. The summed E-state index contributed by atoms with van der Waals surface area (Å²) in [6, 6.07) is 14.8. The average molecular weight is 389 g/mol. The smallest absolute Gasteiger partial charge is 0.255 e. The van der Waals surface area contributed by atoms with Gasteiger partial charge in [0, 0.05) is 28.8 Å². The summed E-state index contributed by atoms with van der Waals surface area (Å²) in [5.74, 6) is -0.0874. The number of likely N-dealkylation sites (N-methyl/N-ethyl adjacent to an activating group) is 1. The van der Waals surface area contributed by atoms with E-state index in [2.05, 4.69) is 21.2 Å². The lowest BCUT2D eigenvalue weighted by Crippen LogP contribution is -2.34. The molecule has 5 heteroatoms. The highest BCUT2D eigenvalue weighted by molar-refractivity contribution is 9.10. The molecule has 4 nitrogen and oxygen atoms in total. The van der Waals surface area contributed by atoms with Crippen LogP contribution in [0.1, 0.15) is 29.8 Å². The third-order valence-corrected chi connectivity index (χ3v) is 4.32. The number of hydrogen-bond acceptors (Lipinski definition) is 2. The SMILES string of the molecule is CC(C)N(C)C(=O)Cc1ccc(NC(=O)c2cccc(Br)c2)cc1. The normalized spacial score (nSPS) is 10.5. The number of carbonyl (C=O) groups is 2. The first-order chi connectivity index (χ1) is 11.4. The molecule has 126 valence electrons. The maximum Gasteiger partial charge on any atom is 0.255 e. The summed E-state index contributed by atoms with van der Waals surface area (Å²) in [6.07, 6.45) is 0.356. The van der Waals surface area contributed by atoms with Crippen LogP contribution in [0.25, 0.3) is 0 Å². The van der Waals surface area contributed by atoms with E-state index in [0.717, 1.165) is 10.0 Å². The van der Waals surface area contributed by atoms with Crippen molar-refractivity contribution in [3.05, 3.63) is 64.1 Å². The lowest BCUT2D eigenvalue weighted by molar-refractivity contribution is -0.130. The van der Waals surface area contributed by atoms with Gasteiger partial charge in [-0.2, -0.15) is 0 Å². The molecule has 0 fully saturated rings. The first-order valence-electron chi connectivity index (χ1n) is 7.78. The van der Waals surface area contributed by atoms with Crippen molar-refractivity contribution in [1.29, 1.82) is 0 Å². The van der Waals surface area contributed by atoms with Crippen molar-refractivity contribution in [2.75, 3.05) is 12.4 Å². The largest absolute Gasteiger partial charge is 0.343 e. The van der Waals surface area contributed by atoms with Gasteiger partial charge in [-0.25, -0.2) is 0 Å². The van der Waals surface area contributed by atoms with E-state index in [1.165, 1.54) is 0 Å². The lowest BCUT2D eigenvalue weighted by atomic mass is 10.1. The van der Waals surface area contributed by atoms with Crippen LogP contribution in [-0.4, -0.2) is 29.8 Å². The average Bonchev–Trinajstić information content (AvgIpc) is 2.55. The van der Waals surface area contributed by atoms with Crippen LogP contribution in [0.3, 0.4) is 0 Å². The van der Waals surface area contributed by atoms with E-state index in [0.29, 0.717) is 17.7 Å². The number of benzene rings is 2. The minimum absolute atomic E-state index is 0.0796. The fourth-order valence-corrected chi connectivity index (χ4v) is 2.53. The quantitative estimate of drug-likeness (QED) is 0.837. The lowest BCUT2D eigenvalue weighted by Gasteiger charge is -2.21. The van der Waals surface area contributed by atoms with Crippen molar-refractivity contribution in [3.63, 3.8) is 0 Å². The molecule has 0 unspecified atom stereocenters. The van der Waals surface area contributed by atoms with Crippen LogP contribution in [0, 0.1) is 0 Å². The molecule has 0 heterocycles. The van der Waals surface area contributed by atoms with Crippen LogP contribution in [0.4, 0.5) is 5.69 Å². The summed E-state index contributed by atoms with van der Waals surface area (Å²) in [5, 5.41) is 2.85. The van der Waals surface area contributed by atoms with Crippen LogP contribution >= 0.6 is 15.9 Å². The molecule has 0 aliphatic rings. The van der Waals surface area contributed by atoms with E-state index in [9.17, 15) is 9.59 Å². The van der Waals surface area contributed by atoms with Crippen LogP contribution in [-0.2, 0) is 11.2 Å². The van der Waals surface area contributed by atoms with E-state index >= 15 is 0 Å². The first kappa shape index (κ1) is 18.2. The third-order valence-electron chi connectivity index (χ3n) is 3.82. The second-order valence-corrected chi connectivity index (χ2v) is 6.85. The zero-order chi connectivity index (χ0) is 17.7. The molecule has 24 heavy (non-hydrogen) atoms. The van der Waals surface area contributed by atoms with Gasteiger partial charge in [0.05, 0.1) is 6.42 Å². The van der Waals surface area contributed by atoms with Gasteiger partial charge in [-0.15, -0.1) is 0 Å². The van der Waals surface area contributed by atoms with Crippen molar-refractivity contribution < 1.29 is 9.59 Å². The molecule has 0 spiro atoms. The van der Waals surface area contributed by atoms with E-state index < -0.39 is 0 Å². The summed E-state index contributed by atoms with van der Waals surface area (Å²) in [5.41, 5.74) is 2.21. The molecule has 0 saturated heterocycles. The van der Waals surface area contributed by atoms with Gasteiger partial charge in [-0.1, -0.05) is 34.1 Å². The van der Waals surface area contributed by atoms with Crippen molar-refractivity contribution in [2.45, 2.75) is 26.3 Å². The predicted octanol–water partition coefficient (Wildman–Crippen LogP) is 4.11. The molecule has 1 N–H and O–H groups in total. The van der Waals surface area contributed by atoms with Crippen LogP contribution in [0.2, 0.25) is 0 Å². The second-order valence-electron chi connectivity index (χ2n) is 5.94. The summed E-state index contributed by atoms with van der Waals surface area (Å²) in [4.78, 5) is 26.0. The molecule has 0 aliphatic heterocycles. The Kier molecular flexibility index (Phi) is 6.15. The molecule has 2 rings (SSSR count). The monoisotopic (exact) mass is 388 g/mol. The molecule has 0 radical (unpaired) electrons. The van der Waals surface area contributed by atoms with E-state index in [1.807, 2.05) is 50.2 Å². The van der Waals surface area contributed by atoms with Gasteiger partial charge >= 0.3 is 0 Å². The Morgan fingerprint density at radius 1 is 1.12 bits per heavy atom. The number of halogens is 1. The molecule has 0 saturated carbocycles. The van der Waals surface area contributed by atoms with E-state index in [4.69, 9.17) is 0 Å². The molecule has 0 atom stereocenters. The Hall–Kier alpha value is -2.14. The maximum atomic E-state index is 12.2. The van der Waals surface area contributed by atoms with Gasteiger partial charge in [0.25, 0.3) is 5.91 Å². The van der Waals surface area contributed by atoms with Gasteiger partial charge in [-0.3, -0.25) is 9.59 Å². The molecular weight excluding hydrogens is 368 g/mol. The third kappa shape index (κ3) is 4.93. The molecule has 0 bridgehead atoms.